The van der Waals surface area contributed by atoms with Crippen LogP contribution in [-0.4, -0.2) is 31.5 Å². The van der Waals surface area contributed by atoms with Crippen LogP contribution in [0.3, 0.4) is 0 Å². The molecule has 0 amide bonds. The quantitative estimate of drug-likeness (QED) is 0.554. The summed E-state index contributed by atoms with van der Waals surface area (Å²) >= 11 is 0. The Labute approximate surface area is 212 Å². The van der Waals surface area contributed by atoms with E-state index in [-0.39, 0.29) is 29.2 Å². The fourth-order valence-corrected chi connectivity index (χ4v) is 9.83. The van der Waals surface area contributed by atoms with Gasteiger partial charge in [-0.05, 0) is 118 Å². The van der Waals surface area contributed by atoms with E-state index in [4.69, 9.17) is 0 Å². The molecule has 5 nitrogen and oxygen atoms in total. The molecule has 1 aromatic heterocycles. The van der Waals surface area contributed by atoms with Crippen LogP contribution in [0.4, 0.5) is 8.78 Å². The number of carbonyl (C=O) groups excluding carboxylic acids is 1. The summed E-state index contributed by atoms with van der Waals surface area (Å²) in [6, 6.07) is 2.52. The molecule has 7 heteroatoms. The number of Topliss-reactive ketones (excluding diaryl/α,β-unsaturated/α-hetero) is 1. The standard InChI is InChI=1S/C29H39F2N3O2/c1-4-29-14-13-27(2,36)15-17(29)5-6-18-19-7-8-21(28(19,3)12-11-20(18)29)24(35)16-34-23-10-9-22(30)25(31)26(23)32-33-34/h9-10,17-21,36H,4-8,11-16H2,1-3H3/t17-,18+,19-,20+,21-,27-,28+,29+/m1/s1. The predicted octanol–water partition coefficient (Wildman–Crippen LogP) is 6.08. The lowest BCUT2D eigenvalue weighted by Crippen LogP contribution is -2.56. The van der Waals surface area contributed by atoms with Gasteiger partial charge in [-0.3, -0.25) is 4.79 Å². The number of benzene rings is 1. The van der Waals surface area contributed by atoms with Gasteiger partial charge in [0.15, 0.2) is 22.9 Å². The summed E-state index contributed by atoms with van der Waals surface area (Å²) in [5.41, 5.74) is 0.0420. The molecule has 196 valence electrons. The summed E-state index contributed by atoms with van der Waals surface area (Å²) in [4.78, 5) is 13.7. The topological polar surface area (TPSA) is 68.0 Å². The number of halogens is 2. The van der Waals surface area contributed by atoms with Crippen LogP contribution in [0.25, 0.3) is 11.0 Å². The van der Waals surface area contributed by atoms with Crippen molar-refractivity contribution in [3.8, 4) is 0 Å². The molecule has 0 saturated heterocycles. The van der Waals surface area contributed by atoms with Crippen LogP contribution in [0.1, 0.15) is 85.0 Å². The van der Waals surface area contributed by atoms with Gasteiger partial charge in [0.05, 0.1) is 11.1 Å². The van der Waals surface area contributed by atoms with Crippen LogP contribution in [0, 0.1) is 52.1 Å². The van der Waals surface area contributed by atoms with Crippen molar-refractivity contribution in [1.29, 1.82) is 0 Å². The second-order valence-electron chi connectivity index (χ2n) is 13.1. The Kier molecular flexibility index (Phi) is 5.64. The number of hydrogen-bond donors (Lipinski definition) is 1. The lowest BCUT2D eigenvalue weighted by atomic mass is 9.42. The van der Waals surface area contributed by atoms with Crippen molar-refractivity contribution >= 4 is 16.8 Å². The smallest absolute Gasteiger partial charge is 0.188 e. The molecule has 0 radical (unpaired) electrons. The maximum Gasteiger partial charge on any atom is 0.188 e. The number of carbonyl (C=O) groups is 1. The first kappa shape index (κ1) is 24.4. The second-order valence-corrected chi connectivity index (χ2v) is 13.1. The van der Waals surface area contributed by atoms with Crippen LogP contribution < -0.4 is 0 Å². The molecule has 8 atom stereocenters. The molecule has 4 fully saturated rings. The number of nitrogens with zero attached hydrogens (tertiary/aromatic N) is 3. The van der Waals surface area contributed by atoms with Crippen molar-refractivity contribution in [3.63, 3.8) is 0 Å². The van der Waals surface area contributed by atoms with Crippen LogP contribution in [0.15, 0.2) is 12.1 Å². The van der Waals surface area contributed by atoms with Gasteiger partial charge in [0.1, 0.15) is 6.54 Å². The van der Waals surface area contributed by atoms with Crippen molar-refractivity contribution in [2.24, 2.45) is 40.4 Å². The number of aromatic nitrogens is 3. The van der Waals surface area contributed by atoms with E-state index < -0.39 is 17.2 Å². The largest absolute Gasteiger partial charge is 0.390 e. The van der Waals surface area contributed by atoms with Gasteiger partial charge in [0.25, 0.3) is 0 Å². The molecule has 0 spiro atoms. The van der Waals surface area contributed by atoms with Gasteiger partial charge in [0.2, 0.25) is 0 Å². The molecule has 2 aromatic rings. The lowest BCUT2D eigenvalue weighted by molar-refractivity contribution is -0.158. The van der Waals surface area contributed by atoms with Gasteiger partial charge in [-0.2, -0.15) is 0 Å². The molecule has 4 saturated carbocycles. The summed E-state index contributed by atoms with van der Waals surface area (Å²) in [6.45, 7) is 6.78. The zero-order chi connectivity index (χ0) is 25.5. The second kappa shape index (κ2) is 8.31. The first-order valence-corrected chi connectivity index (χ1v) is 14.0. The zero-order valence-electron chi connectivity index (χ0n) is 21.8. The average molecular weight is 500 g/mol. The van der Waals surface area contributed by atoms with E-state index in [2.05, 4.69) is 24.2 Å². The van der Waals surface area contributed by atoms with E-state index in [1.807, 2.05) is 6.92 Å². The first-order valence-electron chi connectivity index (χ1n) is 14.0. The van der Waals surface area contributed by atoms with Gasteiger partial charge in [0, 0.05) is 5.92 Å². The molecule has 1 N–H and O–H groups in total. The third-order valence-corrected chi connectivity index (χ3v) is 11.6. The Morgan fingerprint density at radius 2 is 1.89 bits per heavy atom. The monoisotopic (exact) mass is 499 g/mol. The average Bonchev–Trinajstić information content (AvgIpc) is 3.41. The van der Waals surface area contributed by atoms with Crippen molar-refractivity contribution in [3.05, 3.63) is 23.8 Å². The summed E-state index contributed by atoms with van der Waals surface area (Å²) < 4.78 is 29.2. The van der Waals surface area contributed by atoms with Gasteiger partial charge in [-0.15, -0.1) is 5.10 Å². The minimum atomic E-state index is -1.01. The van der Waals surface area contributed by atoms with Crippen molar-refractivity contribution in [1.82, 2.24) is 15.0 Å². The highest BCUT2D eigenvalue weighted by molar-refractivity contribution is 5.84. The lowest BCUT2D eigenvalue weighted by Gasteiger charge is -2.63. The molecule has 0 aliphatic heterocycles. The fraction of sp³-hybridized carbons (Fsp3) is 0.759. The normalized spacial score (nSPS) is 42.1. The minimum absolute atomic E-state index is 0.0199. The summed E-state index contributed by atoms with van der Waals surface area (Å²) in [7, 11) is 0. The van der Waals surface area contributed by atoms with Gasteiger partial charge in [-0.25, -0.2) is 13.5 Å². The number of aliphatic hydroxyl groups is 1. The molecular weight excluding hydrogens is 460 g/mol. The van der Waals surface area contributed by atoms with E-state index in [1.165, 1.54) is 36.4 Å². The molecule has 4 aliphatic rings. The maximum atomic E-state index is 14.1. The van der Waals surface area contributed by atoms with Crippen molar-refractivity contribution < 1.29 is 18.7 Å². The number of ketones is 1. The molecule has 0 bridgehead atoms. The van der Waals surface area contributed by atoms with Crippen molar-refractivity contribution in [2.45, 2.75) is 97.1 Å². The van der Waals surface area contributed by atoms with E-state index in [0.29, 0.717) is 34.6 Å². The van der Waals surface area contributed by atoms with Crippen LogP contribution >= 0.6 is 0 Å². The Balaban J connectivity index is 1.23. The molecule has 6 rings (SSSR count). The molecule has 4 aliphatic carbocycles. The number of rotatable bonds is 4. The Morgan fingerprint density at radius 1 is 1.08 bits per heavy atom. The minimum Gasteiger partial charge on any atom is -0.390 e. The molecule has 36 heavy (non-hydrogen) atoms. The highest BCUT2D eigenvalue weighted by Crippen LogP contribution is 2.69. The van der Waals surface area contributed by atoms with Crippen LogP contribution in [0.2, 0.25) is 0 Å². The number of fused-ring (bicyclic) bond motifs is 6. The summed E-state index contributed by atoms with van der Waals surface area (Å²) in [5, 5.41) is 18.6. The Hall–Kier alpha value is -1.89. The van der Waals surface area contributed by atoms with Crippen LogP contribution in [0.5, 0.6) is 0 Å². The molecule has 1 aromatic carbocycles. The molecular formula is C29H39F2N3O2. The summed E-state index contributed by atoms with van der Waals surface area (Å²) in [5.74, 6) is 0.661. The maximum absolute atomic E-state index is 14.1. The highest BCUT2D eigenvalue weighted by atomic mass is 19.2. The highest BCUT2D eigenvalue weighted by Gasteiger charge is 2.62. The fourth-order valence-electron chi connectivity index (χ4n) is 9.83. The first-order chi connectivity index (χ1) is 17.1. The number of hydrogen-bond acceptors (Lipinski definition) is 4. The van der Waals surface area contributed by atoms with Crippen LogP contribution in [-0.2, 0) is 11.3 Å². The predicted molar refractivity (Wildman–Crippen MR) is 133 cm³/mol. The molecule has 0 unspecified atom stereocenters. The SMILES string of the molecule is CC[C@]12CC[C@@](C)(O)C[C@H]1CC[C@H]1[C@H]3CC[C@H](C(=O)Cn4nnc5c(F)c(F)ccc54)[C@@]3(C)CC[C@@H]12. The third kappa shape index (κ3) is 3.44. The van der Waals surface area contributed by atoms with Gasteiger partial charge >= 0.3 is 0 Å². The van der Waals surface area contributed by atoms with Gasteiger partial charge < -0.3 is 5.11 Å². The van der Waals surface area contributed by atoms with E-state index in [1.54, 1.807) is 0 Å². The van der Waals surface area contributed by atoms with Crippen molar-refractivity contribution in [2.75, 3.05) is 0 Å². The van der Waals surface area contributed by atoms with E-state index in [9.17, 15) is 18.7 Å². The Morgan fingerprint density at radius 3 is 2.67 bits per heavy atom. The van der Waals surface area contributed by atoms with Gasteiger partial charge in [-0.1, -0.05) is 19.1 Å². The Bertz CT molecular complexity index is 1190. The summed E-state index contributed by atoms with van der Waals surface area (Å²) in [6.07, 6.45) is 10.8. The third-order valence-electron chi connectivity index (χ3n) is 11.6. The van der Waals surface area contributed by atoms with E-state index in [0.717, 1.165) is 44.6 Å². The molecule has 1 heterocycles. The van der Waals surface area contributed by atoms with E-state index >= 15 is 0 Å². The zero-order valence-corrected chi connectivity index (χ0v) is 21.8.